The second kappa shape index (κ2) is 6.80. The highest BCUT2D eigenvalue weighted by atomic mass is 79.9. The van der Waals surface area contributed by atoms with Gasteiger partial charge in [-0.3, -0.25) is 10.2 Å². The Hall–Kier alpha value is -2.10. The van der Waals surface area contributed by atoms with E-state index in [1.165, 1.54) is 12.1 Å². The number of fused-ring (bicyclic) bond motifs is 1. The van der Waals surface area contributed by atoms with E-state index in [1.54, 1.807) is 36.4 Å². The van der Waals surface area contributed by atoms with Gasteiger partial charge >= 0.3 is 0 Å². The fourth-order valence-corrected chi connectivity index (χ4v) is 3.48. The monoisotopic (exact) mass is 412 g/mol. The molecule has 2 aromatic rings. The molecule has 1 atom stereocenters. The Morgan fingerprint density at radius 2 is 1.88 bits per heavy atom. The summed E-state index contributed by atoms with van der Waals surface area (Å²) < 4.78 is 35.8. The van der Waals surface area contributed by atoms with E-state index in [9.17, 15) is 13.2 Å². The second-order valence-corrected chi connectivity index (χ2v) is 7.51. The van der Waals surface area contributed by atoms with Crippen LogP contribution in [0.5, 0.6) is 11.5 Å². The molecule has 0 spiro atoms. The predicted octanol–water partition coefficient (Wildman–Crippen LogP) is 1.60. The molecular formula is C15H13BrN2O5S. The van der Waals surface area contributed by atoms with Crippen molar-refractivity contribution in [3.8, 4) is 11.5 Å². The minimum absolute atomic E-state index is 0.0124. The van der Waals surface area contributed by atoms with Crippen molar-refractivity contribution in [2.45, 2.75) is 11.0 Å². The number of sulfonamides is 1. The maximum Gasteiger partial charge on any atom is 0.279 e. The molecule has 1 heterocycles. The third kappa shape index (κ3) is 3.69. The molecule has 0 fully saturated rings. The van der Waals surface area contributed by atoms with E-state index in [1.807, 2.05) is 4.83 Å². The normalized spacial score (nSPS) is 16.5. The first-order valence-corrected chi connectivity index (χ1v) is 9.19. The number of halogens is 1. The van der Waals surface area contributed by atoms with Gasteiger partial charge in [0.2, 0.25) is 6.10 Å². The maximum atomic E-state index is 12.2. The van der Waals surface area contributed by atoms with Crippen molar-refractivity contribution >= 4 is 31.9 Å². The van der Waals surface area contributed by atoms with E-state index in [0.717, 1.165) is 0 Å². The Bertz CT molecular complexity index is 872. The van der Waals surface area contributed by atoms with Gasteiger partial charge in [0.1, 0.15) is 6.61 Å². The number of ether oxygens (including phenoxy) is 2. The Morgan fingerprint density at radius 1 is 1.12 bits per heavy atom. The lowest BCUT2D eigenvalue weighted by atomic mass is 10.2. The number of benzene rings is 2. The fraction of sp³-hybridized carbons (Fsp3) is 0.133. The molecule has 1 unspecified atom stereocenters. The minimum Gasteiger partial charge on any atom is -0.485 e. The van der Waals surface area contributed by atoms with Gasteiger partial charge in [0.25, 0.3) is 15.9 Å². The number of hydrogen-bond donors (Lipinski definition) is 2. The van der Waals surface area contributed by atoms with Crippen LogP contribution in [0.25, 0.3) is 0 Å². The lowest BCUT2D eigenvalue weighted by Gasteiger charge is -2.25. The van der Waals surface area contributed by atoms with Crippen molar-refractivity contribution in [3.63, 3.8) is 0 Å². The first-order chi connectivity index (χ1) is 11.5. The van der Waals surface area contributed by atoms with Gasteiger partial charge in [0, 0.05) is 4.47 Å². The molecule has 1 aliphatic heterocycles. The molecule has 0 bridgehead atoms. The molecule has 0 aromatic heterocycles. The highest BCUT2D eigenvalue weighted by molar-refractivity contribution is 9.10. The Balaban J connectivity index is 1.64. The molecular weight excluding hydrogens is 400 g/mol. The van der Waals surface area contributed by atoms with Gasteiger partial charge in [-0.1, -0.05) is 34.1 Å². The second-order valence-electron chi connectivity index (χ2n) is 4.92. The van der Waals surface area contributed by atoms with Crippen molar-refractivity contribution in [2.75, 3.05) is 6.61 Å². The van der Waals surface area contributed by atoms with Crippen molar-refractivity contribution in [2.24, 2.45) is 0 Å². The van der Waals surface area contributed by atoms with E-state index in [4.69, 9.17) is 9.47 Å². The van der Waals surface area contributed by atoms with Crippen LogP contribution in [0.15, 0.2) is 57.9 Å². The molecule has 0 radical (unpaired) electrons. The summed E-state index contributed by atoms with van der Waals surface area (Å²) in [6.07, 6.45) is -0.954. The van der Waals surface area contributed by atoms with Gasteiger partial charge in [0.15, 0.2) is 11.5 Å². The van der Waals surface area contributed by atoms with E-state index in [0.29, 0.717) is 16.0 Å². The van der Waals surface area contributed by atoms with Crippen LogP contribution in [0.1, 0.15) is 0 Å². The molecule has 3 rings (SSSR count). The summed E-state index contributed by atoms with van der Waals surface area (Å²) in [4.78, 5) is 14.2. The highest BCUT2D eigenvalue weighted by Gasteiger charge is 2.28. The van der Waals surface area contributed by atoms with Gasteiger partial charge in [-0.2, -0.15) is 0 Å². The van der Waals surface area contributed by atoms with Crippen LogP contribution in [0.2, 0.25) is 0 Å². The van der Waals surface area contributed by atoms with Gasteiger partial charge < -0.3 is 9.47 Å². The first-order valence-electron chi connectivity index (χ1n) is 6.91. The zero-order valence-corrected chi connectivity index (χ0v) is 14.6. The molecule has 0 saturated heterocycles. The molecule has 9 heteroatoms. The molecule has 1 aliphatic rings. The van der Waals surface area contributed by atoms with Crippen molar-refractivity contribution < 1.29 is 22.7 Å². The Kier molecular flexibility index (Phi) is 4.74. The number of rotatable bonds is 4. The number of hydrogen-bond acceptors (Lipinski definition) is 5. The van der Waals surface area contributed by atoms with Gasteiger partial charge in [-0.15, -0.1) is 4.83 Å². The van der Waals surface area contributed by atoms with E-state index < -0.39 is 22.0 Å². The van der Waals surface area contributed by atoms with E-state index in [-0.39, 0.29) is 11.5 Å². The van der Waals surface area contributed by atoms with Crippen molar-refractivity contribution in [1.29, 1.82) is 0 Å². The Labute approximate surface area is 147 Å². The van der Waals surface area contributed by atoms with Gasteiger partial charge in [0.05, 0.1) is 4.90 Å². The third-order valence-corrected chi connectivity index (χ3v) is 4.95. The summed E-state index contributed by atoms with van der Waals surface area (Å²) in [7, 11) is -3.89. The van der Waals surface area contributed by atoms with Crippen LogP contribution in [-0.2, 0) is 14.8 Å². The topological polar surface area (TPSA) is 93.7 Å². The van der Waals surface area contributed by atoms with Crippen LogP contribution in [0.4, 0.5) is 0 Å². The largest absolute Gasteiger partial charge is 0.485 e. The van der Waals surface area contributed by atoms with Crippen LogP contribution < -0.4 is 19.7 Å². The average Bonchev–Trinajstić information content (AvgIpc) is 2.59. The highest BCUT2D eigenvalue weighted by Crippen LogP contribution is 2.30. The van der Waals surface area contributed by atoms with Crippen LogP contribution in [0, 0.1) is 0 Å². The predicted molar refractivity (Wildman–Crippen MR) is 89.0 cm³/mol. The summed E-state index contributed by atoms with van der Waals surface area (Å²) in [5, 5.41) is 0. The maximum absolute atomic E-state index is 12.2. The summed E-state index contributed by atoms with van der Waals surface area (Å²) in [5.41, 5.74) is 2.14. The molecule has 7 nitrogen and oxygen atoms in total. The summed E-state index contributed by atoms with van der Waals surface area (Å²) >= 11 is 3.20. The third-order valence-electron chi connectivity index (χ3n) is 3.22. The van der Waals surface area contributed by atoms with Gasteiger partial charge in [-0.25, -0.2) is 8.42 Å². The molecule has 0 saturated carbocycles. The van der Waals surface area contributed by atoms with E-state index in [2.05, 4.69) is 21.4 Å². The average molecular weight is 413 g/mol. The number of carbonyl (C=O) groups excluding carboxylic acids is 1. The fourth-order valence-electron chi connectivity index (χ4n) is 2.04. The SMILES string of the molecule is O=C(NNS(=O)(=O)c1cccc(Br)c1)C1COc2ccccc2O1. The summed E-state index contributed by atoms with van der Waals surface area (Å²) in [5.74, 6) is 0.318. The van der Waals surface area contributed by atoms with Crippen molar-refractivity contribution in [1.82, 2.24) is 10.3 Å². The van der Waals surface area contributed by atoms with Crippen LogP contribution in [0.3, 0.4) is 0 Å². The number of carbonyl (C=O) groups is 1. The Morgan fingerprint density at radius 3 is 2.62 bits per heavy atom. The van der Waals surface area contributed by atoms with Crippen LogP contribution >= 0.6 is 15.9 Å². The summed E-state index contributed by atoms with van der Waals surface area (Å²) in [6.45, 7) is -0.0124. The molecule has 126 valence electrons. The quantitative estimate of drug-likeness (QED) is 0.743. The standard InChI is InChI=1S/C15H13BrN2O5S/c16-10-4-3-5-11(8-10)24(20,21)18-17-15(19)14-9-22-12-6-1-2-7-13(12)23-14/h1-8,14,18H,9H2,(H,17,19). The lowest BCUT2D eigenvalue weighted by Crippen LogP contribution is -2.50. The summed E-state index contributed by atoms with van der Waals surface area (Å²) in [6, 6.07) is 13.0. The molecule has 2 aromatic carbocycles. The minimum atomic E-state index is -3.89. The van der Waals surface area contributed by atoms with Crippen LogP contribution in [-0.4, -0.2) is 27.0 Å². The molecule has 24 heavy (non-hydrogen) atoms. The van der Waals surface area contributed by atoms with Crippen molar-refractivity contribution in [3.05, 3.63) is 53.0 Å². The van der Waals surface area contributed by atoms with E-state index >= 15 is 0 Å². The molecule has 1 amide bonds. The number of para-hydroxylation sites is 2. The lowest BCUT2D eigenvalue weighted by molar-refractivity contribution is -0.130. The first kappa shape index (κ1) is 16.7. The zero-order valence-electron chi connectivity index (χ0n) is 12.2. The number of nitrogens with one attached hydrogen (secondary N) is 2. The van der Waals surface area contributed by atoms with Gasteiger partial charge in [-0.05, 0) is 30.3 Å². The zero-order chi connectivity index (χ0) is 17.2. The smallest absolute Gasteiger partial charge is 0.279 e. The number of amides is 1. The molecule has 2 N–H and O–H groups in total. The molecule has 0 aliphatic carbocycles. The number of hydrazine groups is 1.